The quantitative estimate of drug-likeness (QED) is 0.908. The average molecular weight is 280 g/mol. The van der Waals surface area contributed by atoms with Crippen LogP contribution < -0.4 is 5.32 Å². The second-order valence-corrected chi connectivity index (χ2v) is 5.02. The molecule has 0 saturated carbocycles. The van der Waals surface area contributed by atoms with Crippen LogP contribution in [0, 0.1) is 12.7 Å². The third-order valence-electron chi connectivity index (χ3n) is 2.61. The molecule has 2 N–H and O–H groups in total. The normalized spacial score (nSPS) is 12.2. The van der Waals surface area contributed by atoms with Crippen molar-refractivity contribution >= 4 is 22.4 Å². The SMILES string of the molecule is Cc1ccc(F)cc1C(=O)Nc1nc(C(C)O)cs1. The minimum absolute atomic E-state index is 0.272. The summed E-state index contributed by atoms with van der Waals surface area (Å²) < 4.78 is 13.1. The summed E-state index contributed by atoms with van der Waals surface area (Å²) in [5, 5.41) is 14.0. The predicted octanol–water partition coefficient (Wildman–Crippen LogP) is 2.90. The first kappa shape index (κ1) is 13.6. The zero-order valence-electron chi connectivity index (χ0n) is 10.5. The van der Waals surface area contributed by atoms with Crippen molar-refractivity contribution in [1.29, 1.82) is 0 Å². The van der Waals surface area contributed by atoms with Crippen molar-refractivity contribution in [2.45, 2.75) is 20.0 Å². The number of hydrogen-bond acceptors (Lipinski definition) is 4. The molecule has 0 aliphatic carbocycles. The third kappa shape index (κ3) is 3.15. The Labute approximate surface area is 113 Å². The van der Waals surface area contributed by atoms with Crippen LogP contribution in [-0.2, 0) is 0 Å². The summed E-state index contributed by atoms with van der Waals surface area (Å²) in [5.74, 6) is -0.872. The minimum Gasteiger partial charge on any atom is -0.387 e. The number of nitrogens with zero attached hydrogens (tertiary/aromatic N) is 1. The van der Waals surface area contributed by atoms with Gasteiger partial charge in [0, 0.05) is 10.9 Å². The van der Waals surface area contributed by atoms with Gasteiger partial charge in [0.15, 0.2) is 5.13 Å². The molecule has 2 rings (SSSR count). The van der Waals surface area contributed by atoms with Gasteiger partial charge in [0.05, 0.1) is 11.8 Å². The van der Waals surface area contributed by atoms with Crippen LogP contribution in [0.5, 0.6) is 0 Å². The molecule has 4 nitrogen and oxygen atoms in total. The first-order valence-electron chi connectivity index (χ1n) is 5.68. The van der Waals surface area contributed by atoms with E-state index >= 15 is 0 Å². The highest BCUT2D eigenvalue weighted by atomic mass is 32.1. The number of carbonyl (C=O) groups is 1. The van der Waals surface area contributed by atoms with Gasteiger partial charge >= 0.3 is 0 Å². The molecular formula is C13H13FN2O2S. The summed E-state index contributed by atoms with van der Waals surface area (Å²) in [4.78, 5) is 16.1. The van der Waals surface area contributed by atoms with E-state index in [4.69, 9.17) is 0 Å². The van der Waals surface area contributed by atoms with Gasteiger partial charge in [-0.05, 0) is 31.5 Å². The Hall–Kier alpha value is -1.79. The molecule has 1 amide bonds. The highest BCUT2D eigenvalue weighted by molar-refractivity contribution is 7.14. The van der Waals surface area contributed by atoms with Gasteiger partial charge in [0.2, 0.25) is 0 Å². The van der Waals surface area contributed by atoms with Gasteiger partial charge in [-0.15, -0.1) is 11.3 Å². The van der Waals surface area contributed by atoms with E-state index in [9.17, 15) is 14.3 Å². The molecule has 0 fully saturated rings. The molecule has 0 spiro atoms. The second-order valence-electron chi connectivity index (χ2n) is 4.17. The molecular weight excluding hydrogens is 267 g/mol. The molecule has 0 bridgehead atoms. The third-order valence-corrected chi connectivity index (χ3v) is 3.39. The van der Waals surface area contributed by atoms with E-state index in [-0.39, 0.29) is 5.56 Å². The number of hydrogen-bond donors (Lipinski definition) is 2. The molecule has 19 heavy (non-hydrogen) atoms. The Morgan fingerprint density at radius 1 is 1.53 bits per heavy atom. The van der Waals surface area contributed by atoms with E-state index < -0.39 is 17.8 Å². The molecule has 0 aliphatic heterocycles. The van der Waals surface area contributed by atoms with Crippen LogP contribution in [0.2, 0.25) is 0 Å². The number of benzene rings is 1. The number of anilines is 1. The number of aromatic nitrogens is 1. The lowest BCUT2D eigenvalue weighted by Gasteiger charge is -2.05. The Bertz CT molecular complexity index is 610. The highest BCUT2D eigenvalue weighted by Crippen LogP contribution is 2.21. The molecule has 0 radical (unpaired) electrons. The van der Waals surface area contributed by atoms with Gasteiger partial charge < -0.3 is 5.11 Å². The number of aliphatic hydroxyl groups is 1. The molecule has 2 aromatic rings. The average Bonchev–Trinajstić information content (AvgIpc) is 2.80. The molecule has 100 valence electrons. The molecule has 0 aliphatic rings. The topological polar surface area (TPSA) is 62.2 Å². The van der Waals surface area contributed by atoms with Gasteiger partial charge in [-0.2, -0.15) is 0 Å². The summed E-state index contributed by atoms with van der Waals surface area (Å²) in [6, 6.07) is 4.04. The largest absolute Gasteiger partial charge is 0.387 e. The van der Waals surface area contributed by atoms with E-state index in [1.165, 1.54) is 23.5 Å². The second kappa shape index (κ2) is 5.46. The maximum absolute atomic E-state index is 13.1. The maximum atomic E-state index is 13.1. The fourth-order valence-corrected chi connectivity index (χ4v) is 2.33. The summed E-state index contributed by atoms with van der Waals surface area (Å²) in [7, 11) is 0. The minimum atomic E-state index is -0.683. The van der Waals surface area contributed by atoms with Crippen LogP contribution >= 0.6 is 11.3 Å². The lowest BCUT2D eigenvalue weighted by Crippen LogP contribution is -2.13. The zero-order valence-corrected chi connectivity index (χ0v) is 11.3. The zero-order chi connectivity index (χ0) is 14.0. The van der Waals surface area contributed by atoms with Crippen LogP contribution in [-0.4, -0.2) is 16.0 Å². The van der Waals surface area contributed by atoms with E-state index in [1.807, 2.05) is 0 Å². The van der Waals surface area contributed by atoms with E-state index in [0.717, 1.165) is 0 Å². The Morgan fingerprint density at radius 3 is 2.89 bits per heavy atom. The van der Waals surface area contributed by atoms with Gasteiger partial charge in [0.1, 0.15) is 5.82 Å². The lowest BCUT2D eigenvalue weighted by atomic mass is 10.1. The first-order valence-corrected chi connectivity index (χ1v) is 6.56. The van der Waals surface area contributed by atoms with Crippen molar-refractivity contribution in [2.75, 3.05) is 5.32 Å². The van der Waals surface area contributed by atoms with Crippen molar-refractivity contribution < 1.29 is 14.3 Å². The number of aliphatic hydroxyl groups excluding tert-OH is 1. The van der Waals surface area contributed by atoms with Crippen molar-refractivity contribution in [3.8, 4) is 0 Å². The summed E-state index contributed by atoms with van der Waals surface area (Å²) in [6.07, 6.45) is -0.683. The van der Waals surface area contributed by atoms with Gasteiger partial charge in [-0.25, -0.2) is 9.37 Å². The van der Waals surface area contributed by atoms with Crippen molar-refractivity contribution in [3.05, 3.63) is 46.2 Å². The molecule has 1 unspecified atom stereocenters. The number of amides is 1. The van der Waals surface area contributed by atoms with Gasteiger partial charge in [-0.3, -0.25) is 10.1 Å². The highest BCUT2D eigenvalue weighted by Gasteiger charge is 2.13. The Kier molecular flexibility index (Phi) is 3.92. The number of aryl methyl sites for hydroxylation is 1. The lowest BCUT2D eigenvalue weighted by molar-refractivity contribution is 0.102. The van der Waals surface area contributed by atoms with Crippen molar-refractivity contribution in [1.82, 2.24) is 4.98 Å². The van der Waals surface area contributed by atoms with Crippen molar-refractivity contribution in [3.63, 3.8) is 0 Å². The van der Waals surface area contributed by atoms with Gasteiger partial charge in [0.25, 0.3) is 5.91 Å². The molecule has 6 heteroatoms. The number of carbonyl (C=O) groups excluding carboxylic acids is 1. The number of halogens is 1. The van der Waals surface area contributed by atoms with Gasteiger partial charge in [-0.1, -0.05) is 6.07 Å². The molecule has 1 aromatic carbocycles. The van der Waals surface area contributed by atoms with Crippen molar-refractivity contribution in [2.24, 2.45) is 0 Å². The molecule has 0 saturated heterocycles. The smallest absolute Gasteiger partial charge is 0.257 e. The standard InChI is InChI=1S/C13H13FN2O2S/c1-7-3-4-9(14)5-10(7)12(18)16-13-15-11(6-19-13)8(2)17/h3-6,8,17H,1-2H3,(H,15,16,18). The Balaban J connectivity index is 2.18. The monoisotopic (exact) mass is 280 g/mol. The van der Waals surface area contributed by atoms with Crippen LogP contribution in [0.15, 0.2) is 23.6 Å². The molecule has 1 atom stereocenters. The summed E-state index contributed by atoms with van der Waals surface area (Å²) in [5.41, 5.74) is 1.45. The summed E-state index contributed by atoms with van der Waals surface area (Å²) in [6.45, 7) is 3.33. The van der Waals surface area contributed by atoms with E-state index in [2.05, 4.69) is 10.3 Å². The fourth-order valence-electron chi connectivity index (χ4n) is 1.54. The number of nitrogens with one attached hydrogen (secondary N) is 1. The maximum Gasteiger partial charge on any atom is 0.257 e. The van der Waals surface area contributed by atoms with Crippen LogP contribution in [0.1, 0.15) is 34.6 Å². The van der Waals surface area contributed by atoms with E-state index in [1.54, 1.807) is 25.3 Å². The summed E-state index contributed by atoms with van der Waals surface area (Å²) >= 11 is 1.21. The van der Waals surface area contributed by atoms with Crippen LogP contribution in [0.4, 0.5) is 9.52 Å². The van der Waals surface area contributed by atoms with Crippen LogP contribution in [0.25, 0.3) is 0 Å². The number of thiazole rings is 1. The van der Waals surface area contributed by atoms with E-state index in [0.29, 0.717) is 16.4 Å². The molecule has 1 aromatic heterocycles. The fraction of sp³-hybridized carbons (Fsp3) is 0.231. The first-order chi connectivity index (χ1) is 8.97. The van der Waals surface area contributed by atoms with Crippen LogP contribution in [0.3, 0.4) is 0 Å². The molecule has 1 heterocycles. The number of rotatable bonds is 3. The Morgan fingerprint density at radius 2 is 2.26 bits per heavy atom. The predicted molar refractivity (Wildman–Crippen MR) is 71.8 cm³/mol.